The minimum absolute atomic E-state index is 0.282. The molecule has 0 spiro atoms. The Morgan fingerprint density at radius 1 is 1.31 bits per heavy atom. The molecule has 0 bridgehead atoms. The maximum atomic E-state index is 13.1. The Kier molecular flexibility index (Phi) is 6.27. The molecule has 0 saturated carbocycles. The molecule has 1 aliphatic rings. The summed E-state index contributed by atoms with van der Waals surface area (Å²) in [6.45, 7) is 3.62. The van der Waals surface area contributed by atoms with Crippen molar-refractivity contribution in [2.24, 2.45) is 0 Å². The summed E-state index contributed by atoms with van der Waals surface area (Å²) in [5, 5.41) is 9.76. The zero-order chi connectivity index (χ0) is 19.3. The third-order valence-corrected chi connectivity index (χ3v) is 4.15. The molecule has 1 heterocycles. The first-order valence-corrected chi connectivity index (χ1v) is 8.28. The van der Waals surface area contributed by atoms with Gasteiger partial charge in [-0.1, -0.05) is 18.8 Å². The van der Waals surface area contributed by atoms with Crippen LogP contribution in [-0.4, -0.2) is 15.7 Å². The average molecular weight is 362 g/mol. The first kappa shape index (κ1) is 19.8. The van der Waals surface area contributed by atoms with Gasteiger partial charge in [-0.05, 0) is 55.0 Å². The van der Waals surface area contributed by atoms with Crippen LogP contribution in [0.15, 0.2) is 30.6 Å². The molecule has 0 amide bonds. The average Bonchev–Trinajstić information content (AvgIpc) is 2.59. The largest absolute Gasteiger partial charge is 0.397 e. The van der Waals surface area contributed by atoms with Crippen molar-refractivity contribution in [3.05, 3.63) is 59.2 Å². The number of pyridine rings is 1. The van der Waals surface area contributed by atoms with Crippen molar-refractivity contribution < 1.29 is 18.3 Å². The molecule has 0 fully saturated rings. The summed E-state index contributed by atoms with van der Waals surface area (Å²) in [4.78, 5) is 3.87. The van der Waals surface area contributed by atoms with E-state index in [-0.39, 0.29) is 12.3 Å². The second-order valence-corrected chi connectivity index (χ2v) is 6.41. The van der Waals surface area contributed by atoms with Crippen molar-refractivity contribution in [1.82, 2.24) is 4.98 Å². The number of hydrogen-bond donors (Lipinski definition) is 2. The minimum Gasteiger partial charge on any atom is -0.397 e. The van der Waals surface area contributed by atoms with Gasteiger partial charge in [0.1, 0.15) is 5.60 Å². The van der Waals surface area contributed by atoms with Crippen molar-refractivity contribution >= 4 is 5.69 Å². The van der Waals surface area contributed by atoms with Crippen molar-refractivity contribution in [2.75, 3.05) is 5.73 Å². The molecule has 6 heteroatoms. The lowest BCUT2D eigenvalue weighted by Crippen LogP contribution is -2.27. The number of nitrogens with zero attached hydrogens (tertiary/aromatic N) is 1. The van der Waals surface area contributed by atoms with Crippen LogP contribution >= 0.6 is 0 Å². The maximum absolute atomic E-state index is 13.1. The number of benzene rings is 1. The molecule has 1 aromatic heterocycles. The highest BCUT2D eigenvalue weighted by Crippen LogP contribution is 2.32. The second kappa shape index (κ2) is 8.24. The first-order chi connectivity index (χ1) is 12.2. The smallest absolute Gasteiger partial charge is 0.194 e. The minimum atomic E-state index is -1.47. The maximum Gasteiger partial charge on any atom is 0.194 e. The Morgan fingerprint density at radius 2 is 1.96 bits per heavy atom. The SMILES string of the molecule is CC1(O)C#CC[C@@H](c2cc(F)c(F)c(F)c2)C1.CCc1ccncc1N. The van der Waals surface area contributed by atoms with Gasteiger partial charge >= 0.3 is 0 Å². The summed E-state index contributed by atoms with van der Waals surface area (Å²) in [5.41, 5.74) is 6.70. The molecule has 2 aromatic rings. The van der Waals surface area contributed by atoms with Crippen LogP contribution in [0.4, 0.5) is 18.9 Å². The molecule has 0 radical (unpaired) electrons. The van der Waals surface area contributed by atoms with Crippen molar-refractivity contribution in [1.29, 1.82) is 0 Å². The van der Waals surface area contributed by atoms with Crippen LogP contribution < -0.4 is 5.73 Å². The van der Waals surface area contributed by atoms with Crippen molar-refractivity contribution in [3.8, 4) is 11.8 Å². The molecule has 3 nitrogen and oxygen atoms in total. The summed E-state index contributed by atoms with van der Waals surface area (Å²) in [6, 6.07) is 3.87. The quantitative estimate of drug-likeness (QED) is 0.628. The van der Waals surface area contributed by atoms with Crippen LogP contribution in [0.2, 0.25) is 0 Å². The van der Waals surface area contributed by atoms with Crippen LogP contribution in [0.1, 0.15) is 43.7 Å². The lowest BCUT2D eigenvalue weighted by atomic mass is 9.82. The number of aliphatic hydroxyl groups is 1. The predicted molar refractivity (Wildman–Crippen MR) is 94.7 cm³/mol. The van der Waals surface area contributed by atoms with Crippen molar-refractivity contribution in [3.63, 3.8) is 0 Å². The molecule has 2 atom stereocenters. The monoisotopic (exact) mass is 362 g/mol. The topological polar surface area (TPSA) is 59.1 Å². The second-order valence-electron chi connectivity index (χ2n) is 6.41. The number of aromatic nitrogens is 1. The van der Waals surface area contributed by atoms with Gasteiger partial charge in [-0.2, -0.15) is 0 Å². The van der Waals surface area contributed by atoms with Gasteiger partial charge in [-0.15, -0.1) is 0 Å². The fourth-order valence-corrected chi connectivity index (χ4v) is 2.77. The fraction of sp³-hybridized carbons (Fsp3) is 0.350. The molecular weight excluding hydrogens is 341 g/mol. The van der Waals surface area contributed by atoms with E-state index in [1.165, 1.54) is 5.56 Å². The summed E-state index contributed by atoms with van der Waals surface area (Å²) >= 11 is 0. The zero-order valence-electron chi connectivity index (χ0n) is 14.7. The third kappa shape index (κ3) is 4.99. The molecule has 138 valence electrons. The Bertz CT molecular complexity index is 817. The Balaban J connectivity index is 0.000000228. The number of aryl methyl sites for hydroxylation is 1. The van der Waals surface area contributed by atoms with E-state index >= 15 is 0 Å². The predicted octanol–water partition coefficient (Wildman–Crippen LogP) is 3.96. The number of halogens is 3. The highest BCUT2D eigenvalue weighted by molar-refractivity contribution is 5.43. The summed E-state index contributed by atoms with van der Waals surface area (Å²) in [5.74, 6) is 1.21. The molecule has 3 rings (SSSR count). The van der Waals surface area contributed by atoms with E-state index in [1.807, 2.05) is 6.07 Å². The van der Waals surface area contributed by atoms with Gasteiger partial charge in [0.05, 0.1) is 11.9 Å². The molecule has 0 saturated heterocycles. The van der Waals surface area contributed by atoms with Crippen LogP contribution in [0, 0.1) is 29.3 Å². The van der Waals surface area contributed by atoms with E-state index in [0.29, 0.717) is 12.0 Å². The van der Waals surface area contributed by atoms with Crippen LogP contribution in [0.5, 0.6) is 0 Å². The van der Waals surface area contributed by atoms with Gasteiger partial charge in [0.2, 0.25) is 0 Å². The van der Waals surface area contributed by atoms with Crippen LogP contribution in [0.25, 0.3) is 0 Å². The number of rotatable bonds is 2. The number of nitrogens with two attached hydrogens (primary N) is 1. The summed E-state index contributed by atoms with van der Waals surface area (Å²) in [7, 11) is 0. The molecule has 26 heavy (non-hydrogen) atoms. The van der Waals surface area contributed by atoms with Gasteiger partial charge < -0.3 is 10.8 Å². The third-order valence-electron chi connectivity index (χ3n) is 4.15. The number of anilines is 1. The number of hydrogen-bond acceptors (Lipinski definition) is 3. The lowest BCUT2D eigenvalue weighted by molar-refractivity contribution is 0.0999. The highest BCUT2D eigenvalue weighted by Gasteiger charge is 2.28. The Labute approximate surface area is 151 Å². The molecule has 3 N–H and O–H groups in total. The van der Waals surface area contributed by atoms with Gasteiger partial charge in [0.25, 0.3) is 0 Å². The highest BCUT2D eigenvalue weighted by atomic mass is 19.2. The zero-order valence-corrected chi connectivity index (χ0v) is 14.7. The molecule has 1 aliphatic carbocycles. The van der Waals surface area contributed by atoms with E-state index in [0.717, 1.165) is 24.2 Å². The van der Waals surface area contributed by atoms with E-state index in [1.54, 1.807) is 19.3 Å². The summed E-state index contributed by atoms with van der Waals surface area (Å²) in [6.07, 6.45) is 5.10. The molecule has 1 unspecified atom stereocenters. The van der Waals surface area contributed by atoms with Gasteiger partial charge in [0, 0.05) is 12.6 Å². The normalized spacial score (nSPS) is 21.2. The van der Waals surface area contributed by atoms with Gasteiger partial charge in [0.15, 0.2) is 17.5 Å². The van der Waals surface area contributed by atoms with Crippen LogP contribution in [-0.2, 0) is 6.42 Å². The van der Waals surface area contributed by atoms with Gasteiger partial charge in [-0.3, -0.25) is 4.98 Å². The van der Waals surface area contributed by atoms with E-state index in [4.69, 9.17) is 5.73 Å². The fourth-order valence-electron chi connectivity index (χ4n) is 2.77. The standard InChI is InChI=1S/C13H11F3O.C7H10N2/c1-13(17)4-2-3-8(7-13)9-5-10(14)12(16)11(15)6-9;1-2-6-3-4-9-5-7(6)8/h5-6,8,17H,3,7H2,1H3;3-5H,2,8H2,1H3/t8-,13?;/m1./s1. The van der Waals surface area contributed by atoms with Gasteiger partial charge in [-0.25, -0.2) is 13.2 Å². The lowest BCUT2D eigenvalue weighted by Gasteiger charge is -2.26. The Hall–Kier alpha value is -2.52. The first-order valence-electron chi connectivity index (χ1n) is 8.28. The molecular formula is C20H21F3N2O. The Morgan fingerprint density at radius 3 is 2.46 bits per heavy atom. The van der Waals surface area contributed by atoms with E-state index < -0.39 is 23.1 Å². The van der Waals surface area contributed by atoms with Crippen molar-refractivity contribution in [2.45, 2.75) is 44.6 Å². The molecule has 1 aromatic carbocycles. The summed E-state index contributed by atoms with van der Waals surface area (Å²) < 4.78 is 39.0. The van der Waals surface area contributed by atoms with Crippen LogP contribution in [0.3, 0.4) is 0 Å². The molecule has 0 aliphatic heterocycles. The van der Waals surface area contributed by atoms with E-state index in [9.17, 15) is 18.3 Å². The number of nitrogen functional groups attached to an aromatic ring is 1. The van der Waals surface area contributed by atoms with E-state index in [2.05, 4.69) is 23.7 Å².